The molecule has 0 saturated heterocycles. The molecule has 14 heavy (non-hydrogen) atoms. The quantitative estimate of drug-likeness (QED) is 0.711. The van der Waals surface area contributed by atoms with Gasteiger partial charge in [0.05, 0.1) is 0 Å². The van der Waals surface area contributed by atoms with Crippen molar-refractivity contribution in [1.29, 1.82) is 0 Å². The van der Waals surface area contributed by atoms with Crippen LogP contribution in [0.3, 0.4) is 0 Å². The number of aromatic nitrogens is 1. The molecule has 0 spiro atoms. The van der Waals surface area contributed by atoms with Crippen molar-refractivity contribution in [2.24, 2.45) is 0 Å². The monoisotopic (exact) mass is 192 g/mol. The second-order valence-corrected chi connectivity index (χ2v) is 2.68. The topological polar surface area (TPSA) is 62.2 Å². The molecular formula is C10H12N2O2. The first kappa shape index (κ1) is 10.2. The molecule has 0 aromatic carbocycles. The smallest absolute Gasteiger partial charge is 0.328 e. The number of hydrogen-bond acceptors (Lipinski definition) is 3. The third-order valence-electron chi connectivity index (χ3n) is 1.56. The maximum atomic E-state index is 10.2. The molecule has 4 nitrogen and oxygen atoms in total. The summed E-state index contributed by atoms with van der Waals surface area (Å²) in [5, 5.41) is 11.4. The summed E-state index contributed by atoms with van der Waals surface area (Å²) in [5.41, 5.74) is 0.772. The Hall–Kier alpha value is -1.84. The van der Waals surface area contributed by atoms with Crippen LogP contribution in [0.2, 0.25) is 0 Å². The van der Waals surface area contributed by atoms with E-state index in [1.807, 2.05) is 19.1 Å². The van der Waals surface area contributed by atoms with E-state index in [-0.39, 0.29) is 0 Å². The van der Waals surface area contributed by atoms with Gasteiger partial charge in [-0.15, -0.1) is 0 Å². The van der Waals surface area contributed by atoms with E-state index in [2.05, 4.69) is 10.3 Å². The number of rotatable bonds is 4. The zero-order valence-electron chi connectivity index (χ0n) is 7.90. The first-order valence-corrected chi connectivity index (χ1v) is 4.33. The first-order chi connectivity index (χ1) is 6.72. The molecule has 4 heteroatoms. The molecule has 0 aliphatic heterocycles. The van der Waals surface area contributed by atoms with Crippen molar-refractivity contribution in [3.63, 3.8) is 0 Å². The summed E-state index contributed by atoms with van der Waals surface area (Å²) >= 11 is 0. The lowest BCUT2D eigenvalue weighted by Crippen LogP contribution is -1.98. The lowest BCUT2D eigenvalue weighted by molar-refractivity contribution is -0.131. The number of anilines is 1. The molecule has 1 heterocycles. The predicted octanol–water partition coefficient (Wildman–Crippen LogP) is 1.61. The summed E-state index contributed by atoms with van der Waals surface area (Å²) < 4.78 is 0. The lowest BCUT2D eigenvalue weighted by Gasteiger charge is -2.00. The van der Waals surface area contributed by atoms with Crippen LogP contribution >= 0.6 is 0 Å². The Morgan fingerprint density at radius 2 is 2.43 bits per heavy atom. The van der Waals surface area contributed by atoms with Gasteiger partial charge in [0.2, 0.25) is 0 Å². The maximum Gasteiger partial charge on any atom is 0.328 e. The summed E-state index contributed by atoms with van der Waals surface area (Å²) in [6.07, 6.45) is 4.21. The van der Waals surface area contributed by atoms with E-state index in [9.17, 15) is 4.79 Å². The van der Waals surface area contributed by atoms with Crippen LogP contribution < -0.4 is 5.32 Å². The Morgan fingerprint density at radius 1 is 1.64 bits per heavy atom. The molecule has 74 valence electrons. The highest BCUT2D eigenvalue weighted by Crippen LogP contribution is 2.05. The van der Waals surface area contributed by atoms with Crippen molar-refractivity contribution in [3.8, 4) is 0 Å². The maximum absolute atomic E-state index is 10.2. The number of carboxylic acids is 1. The van der Waals surface area contributed by atoms with Crippen LogP contribution in [-0.2, 0) is 4.79 Å². The molecule has 1 aromatic rings. The molecule has 0 amide bonds. The van der Waals surface area contributed by atoms with Gasteiger partial charge in [-0.1, -0.05) is 0 Å². The molecule has 0 aliphatic carbocycles. The fourth-order valence-electron chi connectivity index (χ4n) is 0.957. The van der Waals surface area contributed by atoms with Crippen LogP contribution in [0.25, 0.3) is 6.08 Å². The van der Waals surface area contributed by atoms with E-state index in [0.29, 0.717) is 0 Å². The third-order valence-corrected chi connectivity index (χ3v) is 1.56. The summed E-state index contributed by atoms with van der Waals surface area (Å²) in [6, 6.07) is 3.62. The highest BCUT2D eigenvalue weighted by Gasteiger charge is 1.92. The van der Waals surface area contributed by atoms with E-state index in [4.69, 9.17) is 5.11 Å². The minimum atomic E-state index is -0.958. The number of aliphatic carboxylic acids is 1. The highest BCUT2D eigenvalue weighted by atomic mass is 16.4. The number of nitrogens with zero attached hydrogens (tertiary/aromatic N) is 1. The minimum absolute atomic E-state index is 0.772. The summed E-state index contributed by atoms with van der Waals surface area (Å²) in [6.45, 7) is 2.80. The molecule has 0 radical (unpaired) electrons. The Morgan fingerprint density at radius 3 is 2.93 bits per heavy atom. The normalized spacial score (nSPS) is 10.4. The van der Waals surface area contributed by atoms with Crippen molar-refractivity contribution < 1.29 is 9.90 Å². The van der Waals surface area contributed by atoms with Gasteiger partial charge < -0.3 is 10.4 Å². The minimum Gasteiger partial charge on any atom is -0.478 e. The Bertz CT molecular complexity index is 330. The largest absolute Gasteiger partial charge is 0.478 e. The van der Waals surface area contributed by atoms with Crippen molar-refractivity contribution in [1.82, 2.24) is 4.98 Å². The average molecular weight is 192 g/mol. The summed E-state index contributed by atoms with van der Waals surface area (Å²) in [5.74, 6) is -0.166. The van der Waals surface area contributed by atoms with Crippen LogP contribution in [0.5, 0.6) is 0 Å². The van der Waals surface area contributed by atoms with Gasteiger partial charge in [-0.3, -0.25) is 0 Å². The van der Waals surface area contributed by atoms with E-state index in [0.717, 1.165) is 24.0 Å². The van der Waals surface area contributed by atoms with Gasteiger partial charge in [0.15, 0.2) is 0 Å². The van der Waals surface area contributed by atoms with Crippen molar-refractivity contribution in [3.05, 3.63) is 30.0 Å². The molecule has 0 atom stereocenters. The van der Waals surface area contributed by atoms with Crippen LogP contribution in [0, 0.1) is 0 Å². The molecule has 0 aliphatic rings. The van der Waals surface area contributed by atoms with E-state index >= 15 is 0 Å². The molecule has 0 bridgehead atoms. The van der Waals surface area contributed by atoms with Gasteiger partial charge in [-0.05, 0) is 30.7 Å². The fourth-order valence-corrected chi connectivity index (χ4v) is 0.957. The first-order valence-electron chi connectivity index (χ1n) is 4.33. The molecule has 2 N–H and O–H groups in total. The summed E-state index contributed by atoms with van der Waals surface area (Å²) in [4.78, 5) is 14.3. The number of pyridine rings is 1. The second kappa shape index (κ2) is 5.01. The highest BCUT2D eigenvalue weighted by molar-refractivity contribution is 5.85. The fraction of sp³-hybridized carbons (Fsp3) is 0.200. The van der Waals surface area contributed by atoms with Gasteiger partial charge >= 0.3 is 5.97 Å². The van der Waals surface area contributed by atoms with Crippen molar-refractivity contribution >= 4 is 17.9 Å². The third kappa shape index (κ3) is 3.26. The number of carbonyl (C=O) groups is 1. The van der Waals surface area contributed by atoms with Gasteiger partial charge in [0.1, 0.15) is 5.82 Å². The van der Waals surface area contributed by atoms with Gasteiger partial charge in [0, 0.05) is 18.8 Å². The van der Waals surface area contributed by atoms with Crippen LogP contribution in [0.1, 0.15) is 12.5 Å². The van der Waals surface area contributed by atoms with E-state index in [1.54, 1.807) is 6.20 Å². The van der Waals surface area contributed by atoms with E-state index in [1.165, 1.54) is 6.08 Å². The molecule has 0 unspecified atom stereocenters. The zero-order valence-corrected chi connectivity index (χ0v) is 7.90. The van der Waals surface area contributed by atoms with Crippen molar-refractivity contribution in [2.45, 2.75) is 6.92 Å². The Balaban J connectivity index is 2.68. The van der Waals surface area contributed by atoms with Crippen LogP contribution in [0.15, 0.2) is 24.4 Å². The number of nitrogens with one attached hydrogen (secondary N) is 1. The SMILES string of the molecule is CCNc1ccc(/C=C/C(=O)O)cn1. The van der Waals surface area contributed by atoms with Gasteiger partial charge in [-0.2, -0.15) is 0 Å². The lowest BCUT2D eigenvalue weighted by atomic mass is 10.2. The molecule has 0 saturated carbocycles. The Labute approximate surface area is 82.3 Å². The molecule has 1 rings (SSSR count). The standard InChI is InChI=1S/C10H12N2O2/c1-2-11-9-5-3-8(7-12-9)4-6-10(13)14/h3-7H,2H2,1H3,(H,11,12)(H,13,14)/b6-4+. The average Bonchev–Trinajstić information content (AvgIpc) is 2.17. The summed E-state index contributed by atoms with van der Waals surface area (Å²) in [7, 11) is 0. The van der Waals surface area contributed by atoms with E-state index < -0.39 is 5.97 Å². The molecular weight excluding hydrogens is 180 g/mol. The number of hydrogen-bond donors (Lipinski definition) is 2. The Kier molecular flexibility index (Phi) is 3.67. The van der Waals surface area contributed by atoms with Gasteiger partial charge in [-0.25, -0.2) is 9.78 Å². The van der Waals surface area contributed by atoms with Gasteiger partial charge in [0.25, 0.3) is 0 Å². The van der Waals surface area contributed by atoms with Crippen LogP contribution in [0.4, 0.5) is 5.82 Å². The molecule has 1 aromatic heterocycles. The zero-order chi connectivity index (χ0) is 10.4. The second-order valence-electron chi connectivity index (χ2n) is 2.68. The molecule has 0 fully saturated rings. The van der Waals surface area contributed by atoms with Crippen molar-refractivity contribution in [2.75, 3.05) is 11.9 Å². The van der Waals surface area contributed by atoms with Crippen LogP contribution in [-0.4, -0.2) is 22.6 Å². The predicted molar refractivity (Wildman–Crippen MR) is 55.1 cm³/mol. The number of carboxylic acid groups (broad SMARTS) is 1.